The highest BCUT2D eigenvalue weighted by Crippen LogP contribution is 2.45. The maximum atomic E-state index is 12.7. The van der Waals surface area contributed by atoms with Gasteiger partial charge in [0.05, 0.1) is 0 Å². The van der Waals surface area contributed by atoms with Crippen molar-refractivity contribution in [3.8, 4) is 0 Å². The topological polar surface area (TPSA) is 3.24 Å². The van der Waals surface area contributed by atoms with Crippen LogP contribution in [0.15, 0.2) is 11.5 Å². The zero-order chi connectivity index (χ0) is 14.2. The minimum atomic E-state index is -6.32. The Morgan fingerprint density at radius 1 is 0.882 bits per heavy atom. The minimum Gasteiger partial charge on any atom is -0.282 e. The van der Waals surface area contributed by atoms with Gasteiger partial charge >= 0.3 is 18.4 Å². The largest absolute Gasteiger partial charge is 0.484 e. The summed E-state index contributed by atoms with van der Waals surface area (Å²) in [5.41, 5.74) is -2.78. The van der Waals surface area contributed by atoms with Crippen LogP contribution in [0.3, 0.4) is 0 Å². The maximum absolute atomic E-state index is 12.7. The minimum absolute atomic E-state index is 0.0806. The second-order valence-corrected chi connectivity index (χ2v) is 2.98. The van der Waals surface area contributed by atoms with Crippen molar-refractivity contribution in [1.82, 2.24) is 4.90 Å². The summed E-state index contributed by atoms with van der Waals surface area (Å²) in [6.45, 7) is 0.0806. The predicted octanol–water partition coefficient (Wildman–Crippen LogP) is 3.84. The van der Waals surface area contributed by atoms with Crippen molar-refractivity contribution in [2.24, 2.45) is 0 Å². The predicted molar refractivity (Wildman–Crippen MR) is 38.6 cm³/mol. The molecule has 0 aromatic carbocycles. The van der Waals surface area contributed by atoms with Crippen LogP contribution in [0, 0.1) is 0 Å². The second kappa shape index (κ2) is 4.30. The van der Waals surface area contributed by atoms with Crippen molar-refractivity contribution in [2.75, 3.05) is 7.05 Å². The van der Waals surface area contributed by atoms with Crippen molar-refractivity contribution < 1.29 is 39.5 Å². The fourth-order valence-corrected chi connectivity index (χ4v) is 0.919. The van der Waals surface area contributed by atoms with Crippen molar-refractivity contribution in [2.45, 2.75) is 25.3 Å². The van der Waals surface area contributed by atoms with Crippen LogP contribution in [-0.2, 0) is 0 Å². The van der Waals surface area contributed by atoms with Crippen LogP contribution < -0.4 is 0 Å². The van der Waals surface area contributed by atoms with Gasteiger partial charge in [0.15, 0.2) is 0 Å². The van der Waals surface area contributed by atoms with Gasteiger partial charge in [-0.15, -0.1) is 0 Å². The van der Waals surface area contributed by atoms with Crippen LogP contribution in [0.1, 0.15) is 6.92 Å². The molecule has 0 fully saturated rings. The Morgan fingerprint density at radius 3 is 1.41 bits per heavy atom. The quantitative estimate of drug-likeness (QED) is 0.546. The molecule has 0 aliphatic carbocycles. The maximum Gasteiger partial charge on any atom is 0.484 e. The molecule has 0 saturated heterocycles. The van der Waals surface area contributed by atoms with E-state index in [9.17, 15) is 39.5 Å². The van der Waals surface area contributed by atoms with E-state index in [4.69, 9.17) is 0 Å². The van der Waals surface area contributed by atoms with E-state index < -0.39 is 34.8 Å². The van der Waals surface area contributed by atoms with E-state index in [-0.39, 0.29) is 14.0 Å². The van der Waals surface area contributed by atoms with Gasteiger partial charge in [-0.1, -0.05) is 0 Å². The normalized spacial score (nSPS) is 15.7. The average Bonchev–Trinajstić information content (AvgIpc) is 1.98. The summed E-state index contributed by atoms with van der Waals surface area (Å²) >= 11 is 0. The molecule has 0 bridgehead atoms. The molecule has 0 amide bonds. The monoisotopic (exact) mass is 275 g/mol. The van der Waals surface area contributed by atoms with Crippen LogP contribution in [0.5, 0.6) is 0 Å². The Hall–Kier alpha value is -1.09. The Balaban J connectivity index is 5.70. The first-order valence-electron chi connectivity index (χ1n) is 3.85. The van der Waals surface area contributed by atoms with Gasteiger partial charge < -0.3 is 0 Å². The Morgan fingerprint density at radius 2 is 1.24 bits per heavy atom. The smallest absolute Gasteiger partial charge is 0.282 e. The summed E-state index contributed by atoms with van der Waals surface area (Å²) < 4.78 is 109. The molecule has 0 saturated carbocycles. The van der Waals surface area contributed by atoms with Crippen LogP contribution >= 0.6 is 0 Å². The summed E-state index contributed by atoms with van der Waals surface area (Å²) in [5.74, 6) is -8.21. The fourth-order valence-electron chi connectivity index (χ4n) is 0.919. The van der Waals surface area contributed by atoms with Crippen molar-refractivity contribution in [1.29, 1.82) is 0 Å². The molecular formula is C7H6F9N. The number of hydrogen-bond donors (Lipinski definition) is 0. The molecule has 0 aromatic heterocycles. The van der Waals surface area contributed by atoms with E-state index in [0.717, 1.165) is 0 Å². The summed E-state index contributed by atoms with van der Waals surface area (Å²) in [6.07, 6.45) is -11.9. The number of nitrogens with zero attached hydrogens (tertiary/aromatic N) is 1. The highest BCUT2D eigenvalue weighted by atomic mass is 19.4. The first-order valence-corrected chi connectivity index (χ1v) is 3.85. The summed E-state index contributed by atoms with van der Waals surface area (Å²) in [5, 5.41) is 0. The van der Waals surface area contributed by atoms with Gasteiger partial charge in [-0.2, -0.15) is 35.1 Å². The molecule has 0 aromatic rings. The van der Waals surface area contributed by atoms with Gasteiger partial charge in [0.25, 0.3) is 0 Å². The lowest BCUT2D eigenvalue weighted by molar-refractivity contribution is -0.292. The van der Waals surface area contributed by atoms with Crippen LogP contribution in [-0.4, -0.2) is 30.3 Å². The highest BCUT2D eigenvalue weighted by Gasteiger charge is 2.64. The van der Waals surface area contributed by atoms with Crippen molar-refractivity contribution >= 4 is 0 Å². The van der Waals surface area contributed by atoms with E-state index in [2.05, 4.69) is 0 Å². The molecule has 1 nitrogen and oxygen atoms in total. The molecule has 0 aliphatic rings. The van der Waals surface area contributed by atoms with Crippen LogP contribution in [0.25, 0.3) is 0 Å². The molecule has 0 heterocycles. The van der Waals surface area contributed by atoms with E-state index in [0.29, 0.717) is 0 Å². The Bertz CT molecular complexity index is 306. The van der Waals surface area contributed by atoms with E-state index in [1.807, 2.05) is 0 Å². The third-order valence-electron chi connectivity index (χ3n) is 1.70. The SMILES string of the molecule is CC(F)=C(N(C)C(F)(F)F)C(F)(F)C(F)(F)F. The standard InChI is InChI=1S/C7H6F9N/c1-3(8)4(17(2)7(14,15)16)5(9,10)6(11,12)13/h1-2H3. The zero-order valence-electron chi connectivity index (χ0n) is 8.35. The van der Waals surface area contributed by atoms with Gasteiger partial charge in [0.2, 0.25) is 0 Å². The molecule has 0 atom stereocenters. The first-order chi connectivity index (χ1) is 7.23. The molecule has 102 valence electrons. The average molecular weight is 275 g/mol. The third kappa shape index (κ3) is 3.19. The molecule has 0 N–H and O–H groups in total. The number of allylic oxidation sites excluding steroid dienone is 2. The molecule has 17 heavy (non-hydrogen) atoms. The fraction of sp³-hybridized carbons (Fsp3) is 0.714. The second-order valence-electron chi connectivity index (χ2n) is 2.98. The van der Waals surface area contributed by atoms with Crippen LogP contribution in [0.2, 0.25) is 0 Å². The molecule has 10 heteroatoms. The summed E-state index contributed by atoms with van der Waals surface area (Å²) in [4.78, 5) is -1.41. The molecular weight excluding hydrogens is 269 g/mol. The summed E-state index contributed by atoms with van der Waals surface area (Å²) in [7, 11) is -0.127. The number of rotatable bonds is 2. The van der Waals surface area contributed by atoms with E-state index in [1.165, 1.54) is 0 Å². The van der Waals surface area contributed by atoms with Crippen LogP contribution in [0.4, 0.5) is 39.5 Å². The van der Waals surface area contributed by atoms with Gasteiger partial charge in [0, 0.05) is 7.05 Å². The Kier molecular flexibility index (Phi) is 4.02. The highest BCUT2D eigenvalue weighted by molar-refractivity contribution is 5.17. The van der Waals surface area contributed by atoms with Gasteiger partial charge in [0.1, 0.15) is 11.5 Å². The molecule has 0 unspecified atom stereocenters. The molecule has 0 rings (SSSR count). The number of alkyl halides is 8. The van der Waals surface area contributed by atoms with Gasteiger partial charge in [-0.25, -0.2) is 4.39 Å². The first kappa shape index (κ1) is 15.9. The molecule has 0 spiro atoms. The lowest BCUT2D eigenvalue weighted by atomic mass is 10.2. The number of hydrogen-bond acceptors (Lipinski definition) is 1. The van der Waals surface area contributed by atoms with Gasteiger partial charge in [-0.05, 0) is 6.92 Å². The third-order valence-corrected chi connectivity index (χ3v) is 1.70. The number of halogens is 9. The van der Waals surface area contributed by atoms with E-state index >= 15 is 0 Å². The lowest BCUT2D eigenvalue weighted by Gasteiger charge is -2.31. The van der Waals surface area contributed by atoms with Crippen molar-refractivity contribution in [3.05, 3.63) is 11.5 Å². The van der Waals surface area contributed by atoms with E-state index in [1.54, 1.807) is 0 Å². The van der Waals surface area contributed by atoms with Crippen molar-refractivity contribution in [3.63, 3.8) is 0 Å². The summed E-state index contributed by atoms with van der Waals surface area (Å²) in [6, 6.07) is 0. The zero-order valence-corrected chi connectivity index (χ0v) is 8.35. The molecule has 0 radical (unpaired) electrons. The van der Waals surface area contributed by atoms with Gasteiger partial charge in [-0.3, -0.25) is 4.90 Å². The lowest BCUT2D eigenvalue weighted by Crippen LogP contribution is -2.48. The Labute approximate surface area is 89.5 Å². The molecule has 0 aliphatic heterocycles.